The van der Waals surface area contributed by atoms with Crippen molar-refractivity contribution in [3.63, 3.8) is 0 Å². The number of esters is 2. The smallest absolute Gasteiger partial charge is 0.462 e. The van der Waals surface area contributed by atoms with Crippen molar-refractivity contribution in [2.75, 3.05) is 26.4 Å². The second-order valence-corrected chi connectivity index (χ2v) is 12.3. The van der Waals surface area contributed by atoms with Crippen LogP contribution >= 0.6 is 7.82 Å². The Morgan fingerprint density at radius 2 is 1.05 bits per heavy atom. The molecule has 41 heavy (non-hydrogen) atoms. The number of phosphoric ester groups is 1. The van der Waals surface area contributed by atoms with Crippen LogP contribution in [0.15, 0.2) is 0 Å². The highest BCUT2D eigenvalue weighted by molar-refractivity contribution is 7.47. The third kappa shape index (κ3) is 27.5. The second kappa shape index (κ2) is 27.8. The zero-order chi connectivity index (χ0) is 30.6. The Balaban J connectivity index is 4.46. The van der Waals surface area contributed by atoms with Crippen LogP contribution in [-0.4, -0.2) is 65.7 Å². The lowest BCUT2D eigenvalue weighted by molar-refractivity contribution is -0.161. The van der Waals surface area contributed by atoms with Gasteiger partial charge in [-0.15, -0.1) is 0 Å². The lowest BCUT2D eigenvalue weighted by Crippen LogP contribution is -2.29. The molecule has 3 atom stereocenters. The molecule has 1 unspecified atom stereocenters. The molecule has 0 aliphatic heterocycles. The minimum atomic E-state index is -4.59. The number of ether oxygens (including phenoxy) is 2. The summed E-state index contributed by atoms with van der Waals surface area (Å²) in [5.74, 6) is -0.927. The van der Waals surface area contributed by atoms with Gasteiger partial charge in [-0.3, -0.25) is 18.6 Å². The van der Waals surface area contributed by atoms with Crippen molar-refractivity contribution in [3.8, 4) is 0 Å². The molecule has 0 heterocycles. The molecule has 0 rings (SSSR count). The first-order valence-corrected chi connectivity index (χ1v) is 17.5. The molecule has 0 saturated carbocycles. The molecule has 244 valence electrons. The van der Waals surface area contributed by atoms with Gasteiger partial charge in [0.25, 0.3) is 0 Å². The molecule has 10 nitrogen and oxygen atoms in total. The van der Waals surface area contributed by atoms with Gasteiger partial charge in [0.05, 0.1) is 19.8 Å². The fourth-order valence-electron chi connectivity index (χ4n) is 4.23. The van der Waals surface area contributed by atoms with Gasteiger partial charge < -0.3 is 24.6 Å². The van der Waals surface area contributed by atoms with E-state index in [0.717, 1.165) is 38.5 Å². The van der Waals surface area contributed by atoms with Crippen LogP contribution in [-0.2, 0) is 32.7 Å². The van der Waals surface area contributed by atoms with E-state index in [0.29, 0.717) is 12.8 Å². The quantitative estimate of drug-likeness (QED) is 0.0452. The summed E-state index contributed by atoms with van der Waals surface area (Å²) in [6, 6.07) is 0. The highest BCUT2D eigenvalue weighted by Gasteiger charge is 2.27. The van der Waals surface area contributed by atoms with Gasteiger partial charge in [-0.2, -0.15) is 0 Å². The number of rotatable bonds is 30. The lowest BCUT2D eigenvalue weighted by atomic mass is 10.1. The minimum Gasteiger partial charge on any atom is -0.462 e. The van der Waals surface area contributed by atoms with Crippen molar-refractivity contribution in [3.05, 3.63) is 0 Å². The van der Waals surface area contributed by atoms with Gasteiger partial charge in [0, 0.05) is 12.8 Å². The van der Waals surface area contributed by atoms with Crippen LogP contribution in [0, 0.1) is 0 Å². The molecule has 0 fully saturated rings. The molecule has 0 bridgehead atoms. The van der Waals surface area contributed by atoms with Crippen molar-refractivity contribution < 1.29 is 47.8 Å². The average molecular weight is 611 g/mol. The molecular formula is C30H59O10P. The summed E-state index contributed by atoms with van der Waals surface area (Å²) >= 11 is 0. The van der Waals surface area contributed by atoms with Crippen molar-refractivity contribution in [1.29, 1.82) is 0 Å². The average Bonchev–Trinajstić information content (AvgIpc) is 2.95. The molecule has 11 heteroatoms. The van der Waals surface area contributed by atoms with Gasteiger partial charge in [-0.25, -0.2) is 4.57 Å². The van der Waals surface area contributed by atoms with Crippen LogP contribution < -0.4 is 0 Å². The Kier molecular flexibility index (Phi) is 27.1. The van der Waals surface area contributed by atoms with E-state index in [4.69, 9.17) is 19.1 Å². The highest BCUT2D eigenvalue weighted by atomic mass is 31.2. The lowest BCUT2D eigenvalue weighted by Gasteiger charge is -2.20. The van der Waals surface area contributed by atoms with E-state index in [2.05, 4.69) is 18.4 Å². The number of phosphoric acid groups is 1. The second-order valence-electron chi connectivity index (χ2n) is 10.8. The minimum absolute atomic E-state index is 0.189. The van der Waals surface area contributed by atoms with Gasteiger partial charge in [0.1, 0.15) is 12.7 Å². The largest absolute Gasteiger partial charge is 0.472 e. The number of hydrogen-bond donors (Lipinski definition) is 3. The molecule has 0 aliphatic carbocycles. The van der Waals surface area contributed by atoms with Gasteiger partial charge in [-0.1, -0.05) is 117 Å². The predicted molar refractivity (Wildman–Crippen MR) is 159 cm³/mol. The molecular weight excluding hydrogens is 551 g/mol. The fraction of sp³-hybridized carbons (Fsp3) is 0.933. The highest BCUT2D eigenvalue weighted by Crippen LogP contribution is 2.43. The molecule has 3 N–H and O–H groups in total. The summed E-state index contributed by atoms with van der Waals surface area (Å²) in [5.41, 5.74) is 0. The summed E-state index contributed by atoms with van der Waals surface area (Å²) < 4.78 is 32.3. The van der Waals surface area contributed by atoms with Crippen molar-refractivity contribution in [1.82, 2.24) is 0 Å². The van der Waals surface area contributed by atoms with Crippen molar-refractivity contribution in [2.45, 2.75) is 154 Å². The standard InChI is InChI=1S/C30H59O10P/c1-3-5-7-9-11-13-15-17-19-21-29(33)37-25-28(26-39-41(35,36)38-24-27(32)23-31)40-30(34)22-20-18-16-14-12-10-8-6-4-2/h27-28,31-32H,3-26H2,1-2H3,(H,35,36)/t27-,28-/m1/s1. The van der Waals surface area contributed by atoms with E-state index in [1.54, 1.807) is 0 Å². The van der Waals surface area contributed by atoms with E-state index in [1.165, 1.54) is 64.2 Å². The molecule has 0 spiro atoms. The van der Waals surface area contributed by atoms with E-state index >= 15 is 0 Å². The summed E-state index contributed by atoms with van der Waals surface area (Å²) in [5, 5.41) is 18.1. The van der Waals surface area contributed by atoms with E-state index in [1.807, 2.05) is 0 Å². The number of aliphatic hydroxyl groups excluding tert-OH is 2. The molecule has 0 aliphatic rings. The van der Waals surface area contributed by atoms with Crippen molar-refractivity contribution in [2.24, 2.45) is 0 Å². The molecule has 0 aromatic rings. The van der Waals surface area contributed by atoms with Crippen LogP contribution in [0.1, 0.15) is 142 Å². The SMILES string of the molecule is CCCCCCCCCCCC(=O)OC[C@H](COP(=O)(O)OC[C@H](O)CO)OC(=O)CCCCCCCCCCC. The first kappa shape index (κ1) is 40.0. The molecule has 0 aromatic heterocycles. The Bertz CT molecular complexity index is 676. The third-order valence-corrected chi connectivity index (χ3v) is 7.71. The number of carbonyl (C=O) groups is 2. The Morgan fingerprint density at radius 3 is 1.51 bits per heavy atom. The number of unbranched alkanes of at least 4 members (excludes halogenated alkanes) is 16. The van der Waals surface area contributed by atoms with Crippen LogP contribution in [0.25, 0.3) is 0 Å². The Labute approximate surface area is 248 Å². The summed E-state index contributed by atoms with van der Waals surface area (Å²) in [4.78, 5) is 34.4. The van der Waals surface area contributed by atoms with Gasteiger partial charge in [0.2, 0.25) is 0 Å². The Hall–Kier alpha value is -1.03. The molecule has 0 radical (unpaired) electrons. The maximum absolute atomic E-state index is 12.4. The first-order valence-electron chi connectivity index (χ1n) is 16.0. The van der Waals surface area contributed by atoms with Crippen LogP contribution in [0.5, 0.6) is 0 Å². The van der Waals surface area contributed by atoms with Crippen molar-refractivity contribution >= 4 is 19.8 Å². The fourth-order valence-corrected chi connectivity index (χ4v) is 5.02. The Morgan fingerprint density at radius 1 is 0.634 bits per heavy atom. The van der Waals surface area contributed by atoms with Gasteiger partial charge in [-0.05, 0) is 12.8 Å². The maximum Gasteiger partial charge on any atom is 0.472 e. The molecule has 0 aromatic carbocycles. The van der Waals surface area contributed by atoms with E-state index in [9.17, 15) is 24.2 Å². The topological polar surface area (TPSA) is 149 Å². The predicted octanol–water partition coefficient (Wildman–Crippen LogP) is 6.77. The van der Waals surface area contributed by atoms with Crippen LogP contribution in [0.2, 0.25) is 0 Å². The number of hydrogen-bond acceptors (Lipinski definition) is 9. The van der Waals surface area contributed by atoms with Gasteiger partial charge >= 0.3 is 19.8 Å². The maximum atomic E-state index is 12.4. The number of carbonyl (C=O) groups excluding carboxylic acids is 2. The van der Waals surface area contributed by atoms with E-state index in [-0.39, 0.29) is 19.4 Å². The monoisotopic (exact) mass is 610 g/mol. The first-order chi connectivity index (χ1) is 19.7. The zero-order valence-electron chi connectivity index (χ0n) is 25.8. The third-order valence-electron chi connectivity index (χ3n) is 6.76. The summed E-state index contributed by atoms with van der Waals surface area (Å²) in [6.45, 7) is 2.30. The zero-order valence-corrected chi connectivity index (χ0v) is 26.7. The number of aliphatic hydroxyl groups is 2. The van der Waals surface area contributed by atoms with Crippen LogP contribution in [0.3, 0.4) is 0 Å². The summed E-state index contributed by atoms with van der Waals surface area (Å²) in [6.07, 6.45) is 18.1. The molecule has 0 saturated heterocycles. The normalized spacial score (nSPS) is 14.4. The van der Waals surface area contributed by atoms with Crippen LogP contribution in [0.4, 0.5) is 0 Å². The van der Waals surface area contributed by atoms with Gasteiger partial charge in [0.15, 0.2) is 6.10 Å². The van der Waals surface area contributed by atoms with E-state index < -0.39 is 51.8 Å². The molecule has 0 amide bonds. The summed E-state index contributed by atoms with van der Waals surface area (Å²) in [7, 11) is -4.59.